The van der Waals surface area contributed by atoms with Crippen LogP contribution in [0.1, 0.15) is 90.9 Å². The summed E-state index contributed by atoms with van der Waals surface area (Å²) in [6.07, 6.45) is 20.6. The molecule has 1 heterocycles. The molecule has 0 fully saturated rings. The molecule has 3 heteroatoms. The predicted octanol–water partition coefficient (Wildman–Crippen LogP) is 6.69. The summed E-state index contributed by atoms with van der Waals surface area (Å²) in [5.41, 5.74) is 0. The van der Waals surface area contributed by atoms with Crippen molar-refractivity contribution in [2.75, 3.05) is 6.54 Å². The van der Waals surface area contributed by atoms with Crippen LogP contribution in [0.25, 0.3) is 0 Å². The van der Waals surface area contributed by atoms with Gasteiger partial charge in [0.15, 0.2) is 0 Å². The van der Waals surface area contributed by atoms with E-state index in [-0.39, 0.29) is 17.0 Å². The number of aryl methyl sites for hydroxylation is 1. The molecule has 0 aromatic carbocycles. The van der Waals surface area contributed by atoms with E-state index in [2.05, 4.69) is 47.9 Å². The summed E-state index contributed by atoms with van der Waals surface area (Å²) < 4.78 is 2.30. The van der Waals surface area contributed by atoms with Crippen LogP contribution in [0, 0.1) is 0 Å². The van der Waals surface area contributed by atoms with Crippen LogP contribution in [-0.4, -0.2) is 11.1 Å². The Morgan fingerprint density at radius 2 is 1.21 bits per heavy atom. The van der Waals surface area contributed by atoms with Crippen molar-refractivity contribution in [2.24, 2.45) is 4.99 Å². The van der Waals surface area contributed by atoms with Crippen molar-refractivity contribution >= 4 is 17.0 Å². The van der Waals surface area contributed by atoms with E-state index in [9.17, 15) is 0 Å². The number of hydrogen-bond donors (Lipinski definition) is 0. The maximum absolute atomic E-state index is 4.68. The number of unbranched alkanes of at least 4 members (excludes halogenated alkanes) is 10. The van der Waals surface area contributed by atoms with E-state index in [1.165, 1.54) is 77.0 Å². The van der Waals surface area contributed by atoms with E-state index in [1.54, 1.807) is 0 Å². The Balaban J connectivity index is 0.00000529. The largest absolute Gasteiger partial charge is 0.354 e. The molecule has 0 atom stereocenters. The Labute approximate surface area is 160 Å². The van der Waals surface area contributed by atoms with E-state index in [4.69, 9.17) is 0 Å². The molecule has 0 radical (unpaired) electrons. The number of rotatable bonds is 14. The first kappa shape index (κ1) is 23.4. The first-order chi connectivity index (χ1) is 11.4. The second-order valence-corrected chi connectivity index (χ2v) is 6.71. The molecule has 140 valence electrons. The van der Waals surface area contributed by atoms with E-state index >= 15 is 0 Å². The molecule has 1 rings (SSSR count). The highest BCUT2D eigenvalue weighted by atomic mass is 79.9. The highest BCUT2D eigenvalue weighted by Gasteiger charge is 1.92. The molecular formula is C21H39BrN2. The zero-order chi connectivity index (χ0) is 16.6. The average Bonchev–Trinajstić information content (AvgIpc) is 2.58. The Kier molecular flexibility index (Phi) is 16.8. The van der Waals surface area contributed by atoms with E-state index < -0.39 is 0 Å². The highest BCUT2D eigenvalue weighted by Crippen LogP contribution is 2.06. The van der Waals surface area contributed by atoms with Crippen molar-refractivity contribution in [2.45, 2.75) is 97.4 Å². The number of aromatic nitrogens is 1. The fraction of sp³-hybridized carbons (Fsp3) is 0.762. The Morgan fingerprint density at radius 1 is 0.708 bits per heavy atom. The van der Waals surface area contributed by atoms with Gasteiger partial charge in [-0.3, -0.25) is 4.99 Å². The molecule has 0 unspecified atom stereocenters. The van der Waals surface area contributed by atoms with Gasteiger partial charge in [-0.05, 0) is 25.0 Å². The lowest BCUT2D eigenvalue weighted by atomic mass is 10.1. The molecule has 0 bridgehead atoms. The van der Waals surface area contributed by atoms with E-state index in [1.807, 2.05) is 0 Å². The zero-order valence-corrected chi connectivity index (χ0v) is 17.7. The SMILES string of the molecule is Br.CCCCCCCCN=c1ccn(CCCCCCCC)cc1. The van der Waals surface area contributed by atoms with Gasteiger partial charge in [0.2, 0.25) is 0 Å². The lowest BCUT2D eigenvalue weighted by Crippen LogP contribution is -2.06. The molecule has 1 aromatic rings. The van der Waals surface area contributed by atoms with Crippen LogP contribution in [0.2, 0.25) is 0 Å². The van der Waals surface area contributed by atoms with E-state index in [0.717, 1.165) is 18.4 Å². The number of pyridine rings is 1. The quantitative estimate of drug-likeness (QED) is 0.310. The van der Waals surface area contributed by atoms with Crippen LogP contribution >= 0.6 is 17.0 Å². The van der Waals surface area contributed by atoms with Crippen molar-refractivity contribution in [3.05, 3.63) is 29.9 Å². The van der Waals surface area contributed by atoms with Crippen LogP contribution in [0.15, 0.2) is 29.5 Å². The van der Waals surface area contributed by atoms with Crippen LogP contribution in [-0.2, 0) is 6.54 Å². The predicted molar refractivity (Wildman–Crippen MR) is 112 cm³/mol. The zero-order valence-electron chi connectivity index (χ0n) is 16.0. The topological polar surface area (TPSA) is 17.3 Å². The first-order valence-electron chi connectivity index (χ1n) is 10.0. The number of halogens is 1. The number of nitrogens with zero attached hydrogens (tertiary/aromatic N) is 2. The van der Waals surface area contributed by atoms with Gasteiger partial charge in [-0.1, -0.05) is 78.1 Å². The van der Waals surface area contributed by atoms with Crippen molar-refractivity contribution in [1.82, 2.24) is 4.57 Å². The summed E-state index contributed by atoms with van der Waals surface area (Å²) in [7, 11) is 0. The van der Waals surface area contributed by atoms with Gasteiger partial charge in [0.1, 0.15) is 0 Å². The van der Waals surface area contributed by atoms with Gasteiger partial charge in [-0.15, -0.1) is 17.0 Å². The summed E-state index contributed by atoms with van der Waals surface area (Å²) in [6, 6.07) is 4.32. The molecule has 0 spiro atoms. The summed E-state index contributed by atoms with van der Waals surface area (Å²) in [6.45, 7) is 6.66. The summed E-state index contributed by atoms with van der Waals surface area (Å²) in [4.78, 5) is 4.68. The van der Waals surface area contributed by atoms with Gasteiger partial charge in [0.25, 0.3) is 0 Å². The molecule has 0 saturated heterocycles. The normalized spacial score (nSPS) is 10.4. The fourth-order valence-corrected chi connectivity index (χ4v) is 2.88. The van der Waals surface area contributed by atoms with E-state index in [0.29, 0.717) is 0 Å². The third-order valence-corrected chi connectivity index (χ3v) is 4.45. The Hall–Kier alpha value is -0.570. The molecule has 2 nitrogen and oxygen atoms in total. The smallest absolute Gasteiger partial charge is 0.0603 e. The molecule has 0 N–H and O–H groups in total. The minimum Gasteiger partial charge on any atom is -0.354 e. The van der Waals surface area contributed by atoms with Gasteiger partial charge in [-0.2, -0.15) is 0 Å². The first-order valence-corrected chi connectivity index (χ1v) is 10.0. The van der Waals surface area contributed by atoms with Gasteiger partial charge < -0.3 is 4.57 Å². The van der Waals surface area contributed by atoms with Gasteiger partial charge in [-0.25, -0.2) is 0 Å². The van der Waals surface area contributed by atoms with Crippen molar-refractivity contribution in [3.8, 4) is 0 Å². The molecule has 24 heavy (non-hydrogen) atoms. The standard InChI is InChI=1S/C21H38N2.BrH/c1-3-5-7-9-11-13-17-22-21-15-19-23(20-16-21)18-14-12-10-8-6-4-2;/h15-16,19-20H,3-14,17-18H2,1-2H3;1H. The fourth-order valence-electron chi connectivity index (χ4n) is 2.88. The summed E-state index contributed by atoms with van der Waals surface area (Å²) in [5.74, 6) is 0. The molecule has 0 saturated carbocycles. The molecule has 1 aromatic heterocycles. The second kappa shape index (κ2) is 17.3. The lowest BCUT2D eigenvalue weighted by Gasteiger charge is -2.06. The molecule has 0 aliphatic carbocycles. The van der Waals surface area contributed by atoms with Gasteiger partial charge >= 0.3 is 0 Å². The molecule has 0 aliphatic rings. The van der Waals surface area contributed by atoms with Crippen molar-refractivity contribution < 1.29 is 0 Å². The van der Waals surface area contributed by atoms with Crippen LogP contribution in [0.5, 0.6) is 0 Å². The lowest BCUT2D eigenvalue weighted by molar-refractivity contribution is 0.556. The van der Waals surface area contributed by atoms with Gasteiger partial charge in [0.05, 0.1) is 5.36 Å². The summed E-state index contributed by atoms with van der Waals surface area (Å²) >= 11 is 0. The molecule has 0 aliphatic heterocycles. The van der Waals surface area contributed by atoms with Crippen molar-refractivity contribution in [3.63, 3.8) is 0 Å². The third-order valence-electron chi connectivity index (χ3n) is 4.45. The number of hydrogen-bond acceptors (Lipinski definition) is 1. The Bertz CT molecular complexity index is 419. The van der Waals surface area contributed by atoms with Crippen LogP contribution in [0.4, 0.5) is 0 Å². The maximum Gasteiger partial charge on any atom is 0.0603 e. The van der Waals surface area contributed by atoms with Crippen LogP contribution in [0.3, 0.4) is 0 Å². The average molecular weight is 399 g/mol. The maximum atomic E-state index is 4.68. The highest BCUT2D eigenvalue weighted by molar-refractivity contribution is 8.93. The second-order valence-electron chi connectivity index (χ2n) is 6.71. The monoisotopic (exact) mass is 398 g/mol. The Morgan fingerprint density at radius 3 is 1.79 bits per heavy atom. The van der Waals surface area contributed by atoms with Gasteiger partial charge in [0, 0.05) is 25.5 Å². The minimum atomic E-state index is 0. The summed E-state index contributed by atoms with van der Waals surface area (Å²) in [5, 5.41) is 1.14. The minimum absolute atomic E-state index is 0. The molecular weight excluding hydrogens is 360 g/mol. The van der Waals surface area contributed by atoms with Crippen molar-refractivity contribution in [1.29, 1.82) is 0 Å². The third kappa shape index (κ3) is 12.8. The molecule has 0 amide bonds. The van der Waals surface area contributed by atoms with Crippen LogP contribution < -0.4 is 5.36 Å².